The maximum atomic E-state index is 2.60. The Hall–Kier alpha value is -0.0400. The molecule has 1 saturated heterocycles. The molecule has 1 aliphatic heterocycles. The fourth-order valence-electron chi connectivity index (χ4n) is 1.85. The minimum atomic E-state index is 0.871. The van der Waals surface area contributed by atoms with Gasteiger partial charge in [0.25, 0.3) is 0 Å². The Morgan fingerprint density at radius 1 is 1.30 bits per heavy atom. The summed E-state index contributed by atoms with van der Waals surface area (Å²) in [6.07, 6.45) is 2.65. The molecule has 1 nitrogen and oxygen atoms in total. The molecule has 1 fully saturated rings. The second-order valence-corrected chi connectivity index (χ2v) is 3.53. The lowest BCUT2D eigenvalue weighted by Gasteiger charge is -2.42. The van der Waals surface area contributed by atoms with Gasteiger partial charge in [-0.3, -0.25) is 4.90 Å². The van der Waals surface area contributed by atoms with Crippen molar-refractivity contribution >= 4 is 0 Å². The van der Waals surface area contributed by atoms with E-state index in [9.17, 15) is 0 Å². The summed E-state index contributed by atoms with van der Waals surface area (Å²) in [5, 5.41) is 0. The average Bonchev–Trinajstić information content (AvgIpc) is 1.87. The Bertz CT molecular complexity index is 90.9. The zero-order valence-corrected chi connectivity index (χ0v) is 7.43. The first-order valence-corrected chi connectivity index (χ1v) is 4.52. The molecule has 0 spiro atoms. The Morgan fingerprint density at radius 2 is 1.80 bits per heavy atom. The van der Waals surface area contributed by atoms with E-state index in [1.165, 1.54) is 25.9 Å². The second-order valence-electron chi connectivity index (χ2n) is 3.53. The van der Waals surface area contributed by atoms with Crippen molar-refractivity contribution in [3.05, 3.63) is 0 Å². The van der Waals surface area contributed by atoms with E-state index in [1.54, 1.807) is 0 Å². The molecule has 0 N–H and O–H groups in total. The highest BCUT2D eigenvalue weighted by Crippen LogP contribution is 2.20. The number of nitrogens with zero attached hydrogens (tertiary/aromatic N) is 1. The lowest BCUT2D eigenvalue weighted by atomic mass is 9.98. The minimum Gasteiger partial charge on any atom is -0.300 e. The predicted molar refractivity (Wildman–Crippen MR) is 45.1 cm³/mol. The van der Waals surface area contributed by atoms with E-state index in [2.05, 4.69) is 25.7 Å². The van der Waals surface area contributed by atoms with Crippen LogP contribution in [0.15, 0.2) is 0 Å². The van der Waals surface area contributed by atoms with Crippen LogP contribution in [0.4, 0.5) is 0 Å². The maximum absolute atomic E-state index is 2.60. The smallest absolute Gasteiger partial charge is 0.00902 e. The number of hydrogen-bond acceptors (Lipinski definition) is 1. The van der Waals surface area contributed by atoms with Crippen molar-refractivity contribution in [2.24, 2.45) is 5.92 Å². The summed E-state index contributed by atoms with van der Waals surface area (Å²) >= 11 is 0. The van der Waals surface area contributed by atoms with Crippen molar-refractivity contribution in [2.45, 2.75) is 39.7 Å². The van der Waals surface area contributed by atoms with E-state index in [4.69, 9.17) is 0 Å². The van der Waals surface area contributed by atoms with Crippen LogP contribution < -0.4 is 0 Å². The van der Waals surface area contributed by atoms with Crippen molar-refractivity contribution in [3.8, 4) is 0 Å². The third-order valence-corrected chi connectivity index (χ3v) is 2.55. The van der Waals surface area contributed by atoms with E-state index in [0.717, 1.165) is 12.0 Å². The van der Waals surface area contributed by atoms with Gasteiger partial charge in [-0.1, -0.05) is 20.8 Å². The van der Waals surface area contributed by atoms with Crippen LogP contribution in [0.2, 0.25) is 0 Å². The summed E-state index contributed by atoms with van der Waals surface area (Å²) in [6, 6.07) is 0.871. The van der Waals surface area contributed by atoms with Gasteiger partial charge in [0.2, 0.25) is 0 Å². The molecule has 0 amide bonds. The number of hydrogen-bond donors (Lipinski definition) is 0. The fourth-order valence-corrected chi connectivity index (χ4v) is 1.85. The van der Waals surface area contributed by atoms with Crippen molar-refractivity contribution in [3.63, 3.8) is 0 Å². The number of rotatable bonds is 3. The summed E-state index contributed by atoms with van der Waals surface area (Å²) in [5.41, 5.74) is 0. The molecule has 1 aliphatic rings. The largest absolute Gasteiger partial charge is 0.300 e. The normalized spacial score (nSPS) is 21.6. The molecule has 0 aliphatic carbocycles. The third-order valence-electron chi connectivity index (χ3n) is 2.55. The molecule has 60 valence electrons. The first kappa shape index (κ1) is 8.06. The standard InChI is InChI=1S/C9H19N/c1-4-9(5-2)10-6-8(3)7-10/h8-9H,4-7H2,1-3H3. The molecule has 0 aromatic rings. The van der Waals surface area contributed by atoms with E-state index in [1.807, 2.05) is 0 Å². The van der Waals surface area contributed by atoms with Crippen molar-refractivity contribution in [1.29, 1.82) is 0 Å². The zero-order chi connectivity index (χ0) is 7.56. The minimum absolute atomic E-state index is 0.871. The molecule has 1 rings (SSSR count). The second kappa shape index (κ2) is 3.38. The molecular formula is C9H19N. The topological polar surface area (TPSA) is 3.24 Å². The van der Waals surface area contributed by atoms with E-state index in [0.29, 0.717) is 0 Å². The quantitative estimate of drug-likeness (QED) is 0.582. The lowest BCUT2D eigenvalue weighted by Crippen LogP contribution is -2.50. The molecule has 0 aromatic heterocycles. The van der Waals surface area contributed by atoms with Crippen LogP contribution in [-0.2, 0) is 0 Å². The van der Waals surface area contributed by atoms with Gasteiger partial charge in [-0.15, -0.1) is 0 Å². The van der Waals surface area contributed by atoms with Crippen LogP contribution in [0.3, 0.4) is 0 Å². The van der Waals surface area contributed by atoms with Crippen LogP contribution >= 0.6 is 0 Å². The zero-order valence-electron chi connectivity index (χ0n) is 7.43. The van der Waals surface area contributed by atoms with Gasteiger partial charge in [-0.2, -0.15) is 0 Å². The van der Waals surface area contributed by atoms with Gasteiger partial charge in [0.1, 0.15) is 0 Å². The van der Waals surface area contributed by atoms with E-state index >= 15 is 0 Å². The van der Waals surface area contributed by atoms with Gasteiger partial charge in [-0.25, -0.2) is 0 Å². The Balaban J connectivity index is 2.21. The first-order valence-electron chi connectivity index (χ1n) is 4.52. The fraction of sp³-hybridized carbons (Fsp3) is 1.00. The summed E-state index contributed by atoms with van der Waals surface area (Å²) in [4.78, 5) is 2.60. The molecule has 10 heavy (non-hydrogen) atoms. The highest BCUT2D eigenvalue weighted by molar-refractivity contribution is 4.81. The Kier molecular flexibility index (Phi) is 2.72. The Labute approximate surface area is 64.4 Å². The van der Waals surface area contributed by atoms with Crippen molar-refractivity contribution in [1.82, 2.24) is 4.90 Å². The molecule has 0 bridgehead atoms. The molecular weight excluding hydrogens is 122 g/mol. The van der Waals surface area contributed by atoms with Crippen molar-refractivity contribution < 1.29 is 0 Å². The molecule has 0 aromatic carbocycles. The van der Waals surface area contributed by atoms with E-state index in [-0.39, 0.29) is 0 Å². The van der Waals surface area contributed by atoms with Gasteiger partial charge < -0.3 is 0 Å². The van der Waals surface area contributed by atoms with Gasteiger partial charge in [0.05, 0.1) is 0 Å². The summed E-state index contributed by atoms with van der Waals surface area (Å²) in [7, 11) is 0. The average molecular weight is 141 g/mol. The molecule has 1 heteroatoms. The van der Waals surface area contributed by atoms with Gasteiger partial charge in [0.15, 0.2) is 0 Å². The molecule has 0 atom stereocenters. The van der Waals surface area contributed by atoms with Crippen LogP contribution in [-0.4, -0.2) is 24.0 Å². The van der Waals surface area contributed by atoms with E-state index < -0.39 is 0 Å². The summed E-state index contributed by atoms with van der Waals surface area (Å²) in [6.45, 7) is 9.59. The highest BCUT2D eigenvalue weighted by Gasteiger charge is 2.26. The van der Waals surface area contributed by atoms with Crippen molar-refractivity contribution in [2.75, 3.05) is 13.1 Å². The Morgan fingerprint density at radius 3 is 2.10 bits per heavy atom. The molecule has 1 heterocycles. The van der Waals surface area contributed by atoms with Crippen LogP contribution in [0.25, 0.3) is 0 Å². The van der Waals surface area contributed by atoms with Crippen LogP contribution in [0.5, 0.6) is 0 Å². The molecule has 0 unspecified atom stereocenters. The summed E-state index contributed by atoms with van der Waals surface area (Å²) < 4.78 is 0. The third kappa shape index (κ3) is 1.51. The van der Waals surface area contributed by atoms with Crippen LogP contribution in [0.1, 0.15) is 33.6 Å². The van der Waals surface area contributed by atoms with Gasteiger partial charge in [0, 0.05) is 19.1 Å². The monoisotopic (exact) mass is 141 g/mol. The van der Waals surface area contributed by atoms with Gasteiger partial charge in [-0.05, 0) is 18.8 Å². The maximum Gasteiger partial charge on any atom is 0.00902 e. The molecule has 0 radical (unpaired) electrons. The first-order chi connectivity index (χ1) is 4.77. The predicted octanol–water partition coefficient (Wildman–Crippen LogP) is 2.13. The number of likely N-dealkylation sites (tertiary alicyclic amines) is 1. The van der Waals surface area contributed by atoms with Gasteiger partial charge >= 0.3 is 0 Å². The highest BCUT2D eigenvalue weighted by atomic mass is 15.2. The SMILES string of the molecule is CCC(CC)N1CC(C)C1. The summed E-state index contributed by atoms with van der Waals surface area (Å²) in [5.74, 6) is 0.959. The lowest BCUT2D eigenvalue weighted by molar-refractivity contribution is 0.0583. The molecule has 0 saturated carbocycles. The van der Waals surface area contributed by atoms with Crippen LogP contribution in [0, 0.1) is 5.92 Å².